The normalized spacial score (nSPS) is 12.2. The molecule has 0 unspecified atom stereocenters. The molecule has 1 aromatic heterocycles. The zero-order valence-electron chi connectivity index (χ0n) is 23.7. The van der Waals surface area contributed by atoms with Crippen LogP contribution in [0.1, 0.15) is 49.3 Å². The third kappa shape index (κ3) is 6.82. The number of rotatable bonds is 4. The van der Waals surface area contributed by atoms with Gasteiger partial charge >= 0.3 is 18.3 Å². The number of aromatic carboxylic acids is 1. The number of nitrogens with two attached hydrogens (primary N) is 1. The molecule has 0 saturated heterocycles. The molecule has 230 valence electrons. The van der Waals surface area contributed by atoms with E-state index < -0.39 is 29.4 Å². The van der Waals surface area contributed by atoms with Crippen LogP contribution in [0, 0.1) is 6.92 Å². The number of carboxylic acids is 1. The van der Waals surface area contributed by atoms with Crippen molar-refractivity contribution in [3.63, 3.8) is 0 Å². The zero-order chi connectivity index (χ0) is 32.5. The molecule has 1 heterocycles. The zero-order valence-corrected chi connectivity index (χ0v) is 23.7. The van der Waals surface area contributed by atoms with Crippen molar-refractivity contribution >= 4 is 11.7 Å². The van der Waals surface area contributed by atoms with Gasteiger partial charge in [-0.05, 0) is 70.5 Å². The van der Waals surface area contributed by atoms with E-state index in [4.69, 9.17) is 10.8 Å². The number of aromatic nitrogens is 2. The molecule has 6 rings (SSSR count). The van der Waals surface area contributed by atoms with Crippen molar-refractivity contribution in [1.29, 1.82) is 0 Å². The minimum Gasteiger partial charge on any atom is -0.478 e. The van der Waals surface area contributed by atoms with Crippen molar-refractivity contribution in [3.8, 4) is 22.5 Å². The molecule has 0 fully saturated rings. The van der Waals surface area contributed by atoms with Gasteiger partial charge in [0.15, 0.2) is 5.82 Å². The molecule has 5 nitrogen and oxygen atoms in total. The van der Waals surface area contributed by atoms with Gasteiger partial charge in [-0.3, -0.25) is 0 Å². The Labute approximate surface area is 254 Å². The molecule has 0 atom stereocenters. The van der Waals surface area contributed by atoms with E-state index in [-0.39, 0.29) is 23.6 Å². The predicted molar refractivity (Wildman–Crippen MR) is 158 cm³/mol. The predicted octanol–water partition coefficient (Wildman–Crippen LogP) is 8.62. The average Bonchev–Trinajstić information content (AvgIpc) is 3.38. The molecule has 0 aliphatic heterocycles. The lowest BCUT2D eigenvalue weighted by Gasteiger charge is -2.17. The summed E-state index contributed by atoms with van der Waals surface area (Å²) in [6.07, 6.45) is -6.57. The molecule has 0 radical (unpaired) electrons. The highest BCUT2D eigenvalue weighted by Gasteiger charge is 2.37. The fourth-order valence-corrected chi connectivity index (χ4v) is 5.17. The Kier molecular flexibility index (Phi) is 8.38. The molecule has 45 heavy (non-hydrogen) atoms. The number of carboxylic acid groups (broad SMARTS) is 1. The Balaban J connectivity index is 0.000000223. The number of carbonyl (C=O) groups is 1. The molecular formula is C34H25F6N3O2. The summed E-state index contributed by atoms with van der Waals surface area (Å²) in [4.78, 5) is 18.5. The molecule has 0 spiro atoms. The molecule has 4 aromatic carbocycles. The van der Waals surface area contributed by atoms with Crippen LogP contribution in [0.2, 0.25) is 0 Å². The van der Waals surface area contributed by atoms with Crippen LogP contribution < -0.4 is 5.73 Å². The van der Waals surface area contributed by atoms with Crippen molar-refractivity contribution in [2.75, 3.05) is 5.73 Å². The number of alkyl halides is 6. The molecule has 1 aliphatic rings. The van der Waals surface area contributed by atoms with Crippen LogP contribution in [0.5, 0.6) is 0 Å². The summed E-state index contributed by atoms with van der Waals surface area (Å²) < 4.78 is 79.1. The summed E-state index contributed by atoms with van der Waals surface area (Å²) in [6, 6.07) is 20.6. The maximum atomic E-state index is 13.2. The first-order valence-electron chi connectivity index (χ1n) is 13.6. The van der Waals surface area contributed by atoms with Crippen LogP contribution >= 0.6 is 0 Å². The van der Waals surface area contributed by atoms with Gasteiger partial charge in [-0.1, -0.05) is 60.7 Å². The fraction of sp³-hybridized carbons (Fsp3) is 0.147. The Hall–Kier alpha value is -5.19. The first kappa shape index (κ1) is 31.2. The number of benzene rings is 4. The third-order valence-electron chi connectivity index (χ3n) is 7.50. The number of fused-ring (bicyclic) bond motifs is 3. The first-order chi connectivity index (χ1) is 21.2. The summed E-state index contributed by atoms with van der Waals surface area (Å²) in [5, 5.41) is 8.67. The Morgan fingerprint density at radius 2 is 1.40 bits per heavy atom. The van der Waals surface area contributed by atoms with Crippen molar-refractivity contribution in [2.24, 2.45) is 0 Å². The Morgan fingerprint density at radius 3 is 1.98 bits per heavy atom. The van der Waals surface area contributed by atoms with Gasteiger partial charge in [0.1, 0.15) is 0 Å². The number of hydrogen-bond acceptors (Lipinski definition) is 4. The van der Waals surface area contributed by atoms with Gasteiger partial charge < -0.3 is 10.8 Å². The lowest BCUT2D eigenvalue weighted by atomic mass is 9.91. The van der Waals surface area contributed by atoms with Gasteiger partial charge in [0.2, 0.25) is 0 Å². The second kappa shape index (κ2) is 12.1. The van der Waals surface area contributed by atoms with Crippen molar-refractivity contribution < 1.29 is 36.2 Å². The van der Waals surface area contributed by atoms with Gasteiger partial charge in [0.05, 0.1) is 16.7 Å². The topological polar surface area (TPSA) is 89.1 Å². The van der Waals surface area contributed by atoms with Crippen LogP contribution in [0.4, 0.5) is 32.0 Å². The maximum Gasteiger partial charge on any atom is 0.416 e. The molecule has 11 heteroatoms. The van der Waals surface area contributed by atoms with E-state index in [0.29, 0.717) is 29.1 Å². The molecule has 3 N–H and O–H groups in total. The van der Waals surface area contributed by atoms with Crippen LogP contribution in [0.15, 0.2) is 91.3 Å². The van der Waals surface area contributed by atoms with Crippen molar-refractivity contribution in [3.05, 3.63) is 136 Å². The number of nitrogens with zero attached hydrogens (tertiary/aromatic N) is 2. The number of halogens is 6. The summed E-state index contributed by atoms with van der Waals surface area (Å²) in [5.74, 6) is -0.491. The van der Waals surface area contributed by atoms with Crippen LogP contribution in [0.3, 0.4) is 0 Å². The molecule has 0 saturated carbocycles. The second-order valence-electron chi connectivity index (χ2n) is 10.5. The summed E-state index contributed by atoms with van der Waals surface area (Å²) >= 11 is 0. The van der Waals surface area contributed by atoms with Gasteiger partial charge in [0, 0.05) is 30.1 Å². The summed E-state index contributed by atoms with van der Waals surface area (Å²) in [5.41, 5.74) is 10.3. The highest BCUT2D eigenvalue weighted by Crippen LogP contribution is 2.43. The monoisotopic (exact) mass is 621 g/mol. The first-order valence-corrected chi connectivity index (χ1v) is 13.6. The van der Waals surface area contributed by atoms with Gasteiger partial charge in [-0.25, -0.2) is 14.8 Å². The molecular weight excluding hydrogens is 596 g/mol. The smallest absolute Gasteiger partial charge is 0.416 e. The largest absolute Gasteiger partial charge is 0.478 e. The fourth-order valence-electron chi connectivity index (χ4n) is 5.17. The van der Waals surface area contributed by atoms with Crippen molar-refractivity contribution in [1.82, 2.24) is 9.97 Å². The second-order valence-corrected chi connectivity index (χ2v) is 10.5. The van der Waals surface area contributed by atoms with Crippen LogP contribution in [0.25, 0.3) is 22.5 Å². The molecule has 5 aromatic rings. The molecule has 1 aliphatic carbocycles. The van der Waals surface area contributed by atoms with E-state index in [1.54, 1.807) is 6.92 Å². The van der Waals surface area contributed by atoms with E-state index in [1.165, 1.54) is 12.4 Å². The summed E-state index contributed by atoms with van der Waals surface area (Å²) in [6.45, 7) is 1.74. The van der Waals surface area contributed by atoms with E-state index in [1.807, 2.05) is 60.7 Å². The van der Waals surface area contributed by atoms with Gasteiger partial charge in [-0.15, -0.1) is 0 Å². The minimum atomic E-state index is -4.87. The lowest BCUT2D eigenvalue weighted by molar-refractivity contribution is -0.143. The SMILES string of the molecule is Cc1c(Cc2cc(C(F)(F)F)cc(C(F)(F)F)c2)cc2c(c1N)Cc1ccccc1-2.O=C(O)c1cnc(-c2ccccc2)nc1. The number of anilines is 1. The van der Waals surface area contributed by atoms with E-state index in [0.717, 1.165) is 39.9 Å². The molecule has 0 amide bonds. The lowest BCUT2D eigenvalue weighted by Crippen LogP contribution is -2.12. The standard InChI is InChI=1S/C23H17F6N.C11H8N2O2/c1-12-15(10-19-18-5-3-2-4-14(18)9-20(19)21(12)30)6-13-7-16(22(24,25)26)11-17(8-13)23(27,28)29;14-11(15)9-6-12-10(13-7-9)8-4-2-1-3-5-8/h2-5,7-8,10-11H,6,9,30H2,1H3;1-7H,(H,14,15). The third-order valence-corrected chi connectivity index (χ3v) is 7.50. The highest BCUT2D eigenvalue weighted by molar-refractivity contribution is 5.87. The van der Waals surface area contributed by atoms with E-state index in [9.17, 15) is 31.1 Å². The highest BCUT2D eigenvalue weighted by atomic mass is 19.4. The van der Waals surface area contributed by atoms with Crippen LogP contribution in [-0.4, -0.2) is 21.0 Å². The number of hydrogen-bond donors (Lipinski definition) is 2. The summed E-state index contributed by atoms with van der Waals surface area (Å²) in [7, 11) is 0. The van der Waals surface area contributed by atoms with Crippen LogP contribution in [-0.2, 0) is 25.2 Å². The minimum absolute atomic E-state index is 0.0640. The Bertz CT molecular complexity index is 1840. The Morgan fingerprint density at radius 1 is 0.822 bits per heavy atom. The average molecular weight is 622 g/mol. The van der Waals surface area contributed by atoms with Gasteiger partial charge in [-0.2, -0.15) is 26.3 Å². The maximum absolute atomic E-state index is 13.2. The van der Waals surface area contributed by atoms with E-state index >= 15 is 0 Å². The molecule has 0 bridgehead atoms. The van der Waals surface area contributed by atoms with Gasteiger partial charge in [0.25, 0.3) is 0 Å². The van der Waals surface area contributed by atoms with Crippen molar-refractivity contribution in [2.45, 2.75) is 32.1 Å². The number of nitrogen functional groups attached to an aromatic ring is 1. The van der Waals surface area contributed by atoms with E-state index in [2.05, 4.69) is 9.97 Å². The quantitative estimate of drug-likeness (QED) is 0.152.